The molecule has 0 spiro atoms. The van der Waals surface area contributed by atoms with Gasteiger partial charge in [0.25, 0.3) is 11.6 Å². The maximum Gasteiger partial charge on any atom is 0.284 e. The zero-order valence-corrected chi connectivity index (χ0v) is 16.4. The number of amides is 1. The van der Waals surface area contributed by atoms with E-state index in [2.05, 4.69) is 4.98 Å². The molecule has 0 atom stereocenters. The molecule has 0 unspecified atom stereocenters. The average Bonchev–Trinajstić information content (AvgIpc) is 3.07. The van der Waals surface area contributed by atoms with E-state index >= 15 is 0 Å². The Morgan fingerprint density at radius 2 is 2.00 bits per heavy atom. The van der Waals surface area contributed by atoms with Gasteiger partial charge in [-0.25, -0.2) is 4.98 Å². The van der Waals surface area contributed by atoms with Crippen molar-refractivity contribution in [1.82, 2.24) is 9.88 Å². The van der Waals surface area contributed by atoms with E-state index in [1.165, 1.54) is 29.2 Å². The highest BCUT2D eigenvalue weighted by atomic mass is 32.2. The van der Waals surface area contributed by atoms with Crippen molar-refractivity contribution in [2.24, 2.45) is 0 Å². The lowest BCUT2D eigenvalue weighted by molar-refractivity contribution is -0.387. The average molecular weight is 399 g/mol. The third-order valence-corrected chi connectivity index (χ3v) is 5.93. The van der Waals surface area contributed by atoms with Crippen LogP contribution in [0.15, 0.2) is 63.1 Å². The van der Waals surface area contributed by atoms with E-state index in [0.29, 0.717) is 17.0 Å². The Hall–Kier alpha value is -2.71. The number of hydrogen-bond acceptors (Lipinski definition) is 6. The Kier molecular flexibility index (Phi) is 5.88. The van der Waals surface area contributed by atoms with Crippen molar-refractivity contribution >= 4 is 34.7 Å². The van der Waals surface area contributed by atoms with Gasteiger partial charge in [-0.2, -0.15) is 0 Å². The number of rotatable bonds is 6. The van der Waals surface area contributed by atoms with Crippen molar-refractivity contribution in [3.05, 3.63) is 80.8 Å². The van der Waals surface area contributed by atoms with Crippen LogP contribution in [0.5, 0.6) is 0 Å². The van der Waals surface area contributed by atoms with Crippen LogP contribution in [-0.4, -0.2) is 27.8 Å². The third-order valence-electron chi connectivity index (χ3n) is 3.81. The highest BCUT2D eigenvalue weighted by Crippen LogP contribution is 2.37. The molecular formula is C19H17N3O3S2. The standard InChI is InChI=1S/C19H17N3O3S2/c1-13-12-26-19(20-13)27-17-9-8-15(10-16(17)22(24)25)18(23)21(2)11-14-6-4-3-5-7-14/h3-10,12H,11H2,1-2H3. The molecule has 1 heterocycles. The highest BCUT2D eigenvalue weighted by Gasteiger charge is 2.21. The van der Waals surface area contributed by atoms with Crippen molar-refractivity contribution in [2.75, 3.05) is 7.05 Å². The minimum absolute atomic E-state index is 0.0909. The van der Waals surface area contributed by atoms with Gasteiger partial charge in [0.1, 0.15) is 0 Å². The Morgan fingerprint density at radius 3 is 2.63 bits per heavy atom. The van der Waals surface area contributed by atoms with Gasteiger partial charge in [0.2, 0.25) is 0 Å². The summed E-state index contributed by atoms with van der Waals surface area (Å²) in [6.07, 6.45) is 0. The number of nitrogens with zero attached hydrogens (tertiary/aromatic N) is 3. The Balaban J connectivity index is 1.82. The van der Waals surface area contributed by atoms with Crippen LogP contribution in [0.2, 0.25) is 0 Å². The summed E-state index contributed by atoms with van der Waals surface area (Å²) in [5.41, 5.74) is 2.07. The molecule has 2 aromatic carbocycles. The molecule has 8 heteroatoms. The summed E-state index contributed by atoms with van der Waals surface area (Å²) in [4.78, 5) is 30.1. The van der Waals surface area contributed by atoms with Crippen LogP contribution in [0.4, 0.5) is 5.69 Å². The second-order valence-electron chi connectivity index (χ2n) is 5.94. The normalized spacial score (nSPS) is 10.6. The van der Waals surface area contributed by atoms with E-state index in [1.54, 1.807) is 24.1 Å². The lowest BCUT2D eigenvalue weighted by atomic mass is 10.1. The molecule has 0 aliphatic heterocycles. The maximum absolute atomic E-state index is 12.7. The van der Waals surface area contributed by atoms with Gasteiger partial charge in [-0.3, -0.25) is 14.9 Å². The number of aromatic nitrogens is 1. The van der Waals surface area contributed by atoms with Crippen molar-refractivity contribution in [1.29, 1.82) is 0 Å². The molecule has 3 aromatic rings. The molecule has 1 aromatic heterocycles. The van der Waals surface area contributed by atoms with Crippen molar-refractivity contribution in [3.63, 3.8) is 0 Å². The van der Waals surface area contributed by atoms with Crippen LogP contribution in [0.25, 0.3) is 0 Å². The van der Waals surface area contributed by atoms with Crippen molar-refractivity contribution in [2.45, 2.75) is 22.7 Å². The first-order valence-corrected chi connectivity index (χ1v) is 9.81. The topological polar surface area (TPSA) is 76.3 Å². The number of hydrogen-bond donors (Lipinski definition) is 0. The van der Waals surface area contributed by atoms with Crippen LogP contribution in [0.1, 0.15) is 21.6 Å². The SMILES string of the molecule is Cc1csc(Sc2ccc(C(=O)N(C)Cc3ccccc3)cc2[N+](=O)[O-])n1. The molecule has 0 N–H and O–H groups in total. The monoisotopic (exact) mass is 399 g/mol. The van der Waals surface area contributed by atoms with Crippen LogP contribution in [-0.2, 0) is 6.54 Å². The second kappa shape index (κ2) is 8.32. The summed E-state index contributed by atoms with van der Waals surface area (Å²) in [6, 6.07) is 14.2. The fraction of sp³-hybridized carbons (Fsp3) is 0.158. The molecule has 0 saturated heterocycles. The molecule has 0 aliphatic carbocycles. The number of nitro benzene ring substituents is 1. The minimum Gasteiger partial charge on any atom is -0.337 e. The van der Waals surface area contributed by atoms with Gasteiger partial charge < -0.3 is 4.90 Å². The lowest BCUT2D eigenvalue weighted by Gasteiger charge is -2.17. The van der Waals surface area contributed by atoms with Gasteiger partial charge >= 0.3 is 0 Å². The summed E-state index contributed by atoms with van der Waals surface area (Å²) in [7, 11) is 1.68. The van der Waals surface area contributed by atoms with E-state index in [9.17, 15) is 14.9 Å². The van der Waals surface area contributed by atoms with E-state index in [1.807, 2.05) is 42.6 Å². The zero-order valence-electron chi connectivity index (χ0n) is 14.8. The predicted molar refractivity (Wildman–Crippen MR) is 106 cm³/mol. The maximum atomic E-state index is 12.7. The molecule has 3 rings (SSSR count). The fourth-order valence-electron chi connectivity index (χ4n) is 2.50. The molecule has 0 aliphatic rings. The van der Waals surface area contributed by atoms with Crippen LogP contribution < -0.4 is 0 Å². The molecule has 0 radical (unpaired) electrons. The number of carbonyl (C=O) groups is 1. The highest BCUT2D eigenvalue weighted by molar-refractivity contribution is 8.01. The molecule has 1 amide bonds. The molecule has 6 nitrogen and oxygen atoms in total. The van der Waals surface area contributed by atoms with Gasteiger partial charge in [0.05, 0.1) is 9.82 Å². The van der Waals surface area contributed by atoms with Crippen molar-refractivity contribution in [3.8, 4) is 0 Å². The summed E-state index contributed by atoms with van der Waals surface area (Å²) in [6.45, 7) is 2.31. The third kappa shape index (κ3) is 4.72. The summed E-state index contributed by atoms with van der Waals surface area (Å²) in [5.74, 6) is -0.261. The first-order valence-electron chi connectivity index (χ1n) is 8.12. The molecule has 27 heavy (non-hydrogen) atoms. The Labute approximate surface area is 165 Å². The summed E-state index contributed by atoms with van der Waals surface area (Å²) >= 11 is 2.67. The Bertz CT molecular complexity index is 973. The van der Waals surface area contributed by atoms with E-state index in [4.69, 9.17) is 0 Å². The quantitative estimate of drug-likeness (QED) is 0.440. The van der Waals surface area contributed by atoms with Crippen LogP contribution in [0, 0.1) is 17.0 Å². The van der Waals surface area contributed by atoms with E-state index < -0.39 is 4.92 Å². The number of nitro groups is 1. The molecule has 0 fully saturated rings. The molecule has 138 valence electrons. The molecule has 0 saturated carbocycles. The number of carbonyl (C=O) groups excluding carboxylic acids is 1. The van der Waals surface area contributed by atoms with Gasteiger partial charge in [-0.1, -0.05) is 42.1 Å². The fourth-order valence-corrected chi connectivity index (χ4v) is 4.38. The van der Waals surface area contributed by atoms with Crippen LogP contribution in [0.3, 0.4) is 0 Å². The van der Waals surface area contributed by atoms with Gasteiger partial charge in [-0.15, -0.1) is 11.3 Å². The number of thiazole rings is 1. The number of aryl methyl sites for hydroxylation is 1. The largest absolute Gasteiger partial charge is 0.337 e. The number of benzene rings is 2. The first-order chi connectivity index (χ1) is 12.9. The van der Waals surface area contributed by atoms with Gasteiger partial charge in [0.15, 0.2) is 4.34 Å². The Morgan fingerprint density at radius 1 is 1.26 bits per heavy atom. The summed E-state index contributed by atoms with van der Waals surface area (Å²) in [5, 5.41) is 13.4. The van der Waals surface area contributed by atoms with Gasteiger partial charge in [0, 0.05) is 36.3 Å². The van der Waals surface area contributed by atoms with Crippen molar-refractivity contribution < 1.29 is 9.72 Å². The van der Waals surface area contributed by atoms with Gasteiger partial charge in [-0.05, 0) is 24.6 Å². The molecule has 0 bridgehead atoms. The zero-order chi connectivity index (χ0) is 19.4. The predicted octanol–water partition coefficient (Wildman–Crippen LogP) is 4.78. The minimum atomic E-state index is -0.462. The molecular weight excluding hydrogens is 382 g/mol. The first kappa shape index (κ1) is 19.1. The van der Waals surface area contributed by atoms with E-state index in [-0.39, 0.29) is 11.6 Å². The smallest absolute Gasteiger partial charge is 0.284 e. The second-order valence-corrected chi connectivity index (χ2v) is 8.09. The summed E-state index contributed by atoms with van der Waals surface area (Å²) < 4.78 is 0.732. The van der Waals surface area contributed by atoms with Crippen LogP contribution >= 0.6 is 23.1 Å². The van der Waals surface area contributed by atoms with E-state index in [0.717, 1.165) is 15.6 Å². The lowest BCUT2D eigenvalue weighted by Crippen LogP contribution is -2.26.